The van der Waals surface area contributed by atoms with Gasteiger partial charge in [0.25, 0.3) is 0 Å². The lowest BCUT2D eigenvalue weighted by Gasteiger charge is -2.25. The Kier molecular flexibility index (Phi) is 6.58. The molecular weight excluding hydrogens is 420 g/mol. The van der Waals surface area contributed by atoms with Crippen LogP contribution in [0.3, 0.4) is 0 Å². The highest BCUT2D eigenvalue weighted by Gasteiger charge is 2.34. The second-order valence-electron chi connectivity index (χ2n) is 8.49. The van der Waals surface area contributed by atoms with Crippen molar-refractivity contribution in [1.29, 1.82) is 0 Å². The number of nitrogens with zero attached hydrogens (tertiary/aromatic N) is 2. The van der Waals surface area contributed by atoms with Gasteiger partial charge in [-0.1, -0.05) is 12.6 Å². The van der Waals surface area contributed by atoms with Crippen molar-refractivity contribution in [2.24, 2.45) is 0 Å². The SMILES string of the molecule is C=C1CCCc2cc(N3C[C@H](CN(Cc4ccc(OC)cc4OC)C(C)=O)OC3=O)ccc21. The van der Waals surface area contributed by atoms with Gasteiger partial charge in [0, 0.05) is 30.8 Å². The first-order valence-corrected chi connectivity index (χ1v) is 11.1. The zero-order chi connectivity index (χ0) is 23.5. The largest absolute Gasteiger partial charge is 0.497 e. The number of carbonyl (C=O) groups is 2. The summed E-state index contributed by atoms with van der Waals surface area (Å²) in [5, 5.41) is 0. The third-order valence-corrected chi connectivity index (χ3v) is 6.30. The highest BCUT2D eigenvalue weighted by Crippen LogP contribution is 2.33. The van der Waals surface area contributed by atoms with Crippen LogP contribution in [0.25, 0.3) is 5.57 Å². The molecule has 1 aliphatic carbocycles. The minimum atomic E-state index is -0.420. The predicted molar refractivity (Wildman–Crippen MR) is 127 cm³/mol. The maximum atomic E-state index is 12.6. The van der Waals surface area contributed by atoms with Gasteiger partial charge in [-0.05, 0) is 60.2 Å². The Morgan fingerprint density at radius 3 is 2.73 bits per heavy atom. The average Bonchev–Trinajstić information content (AvgIpc) is 3.18. The number of amides is 2. The van der Waals surface area contributed by atoms with Crippen molar-refractivity contribution in [3.63, 3.8) is 0 Å². The standard InChI is InChI=1S/C26H30N2O5/c1-17-6-5-7-19-12-21(9-11-24(17)19)28-16-23(33-26(28)30)15-27(18(2)29)14-20-8-10-22(31-3)13-25(20)32-4/h8-13,23H,1,5-7,14-16H2,2-4H3/t23-/m0/s1. The second kappa shape index (κ2) is 9.57. The van der Waals surface area contributed by atoms with E-state index in [1.54, 1.807) is 30.1 Å². The molecule has 2 amide bonds. The molecule has 1 atom stereocenters. The minimum absolute atomic E-state index is 0.102. The lowest BCUT2D eigenvalue weighted by Crippen LogP contribution is -2.37. The van der Waals surface area contributed by atoms with E-state index in [0.29, 0.717) is 31.1 Å². The summed E-state index contributed by atoms with van der Waals surface area (Å²) in [6, 6.07) is 11.6. The van der Waals surface area contributed by atoms with Gasteiger partial charge in [0.2, 0.25) is 5.91 Å². The van der Waals surface area contributed by atoms with Crippen molar-refractivity contribution in [1.82, 2.24) is 4.90 Å². The Labute approximate surface area is 194 Å². The van der Waals surface area contributed by atoms with Crippen molar-refractivity contribution >= 4 is 23.3 Å². The molecule has 174 valence electrons. The van der Waals surface area contributed by atoms with Crippen LogP contribution in [0, 0.1) is 0 Å². The van der Waals surface area contributed by atoms with Gasteiger partial charge in [0.1, 0.15) is 17.6 Å². The summed E-state index contributed by atoms with van der Waals surface area (Å²) < 4.78 is 16.3. The molecule has 7 nitrogen and oxygen atoms in total. The first-order chi connectivity index (χ1) is 15.9. The lowest BCUT2D eigenvalue weighted by atomic mass is 9.88. The third kappa shape index (κ3) is 4.82. The van der Waals surface area contributed by atoms with Crippen LogP contribution in [0.1, 0.15) is 36.5 Å². The number of cyclic esters (lactones) is 1. The molecule has 2 aliphatic rings. The monoisotopic (exact) mass is 450 g/mol. The predicted octanol–water partition coefficient (Wildman–Crippen LogP) is 4.43. The molecule has 0 aromatic heterocycles. The number of hydrogen-bond donors (Lipinski definition) is 0. The third-order valence-electron chi connectivity index (χ3n) is 6.30. The highest BCUT2D eigenvalue weighted by molar-refractivity contribution is 5.90. The van der Waals surface area contributed by atoms with E-state index >= 15 is 0 Å². The molecule has 33 heavy (non-hydrogen) atoms. The van der Waals surface area contributed by atoms with Gasteiger partial charge in [0.05, 0.1) is 27.3 Å². The molecule has 1 saturated heterocycles. The van der Waals surface area contributed by atoms with E-state index in [1.807, 2.05) is 24.3 Å². The number of carbonyl (C=O) groups excluding carboxylic acids is 2. The maximum Gasteiger partial charge on any atom is 0.414 e. The fourth-order valence-corrected chi connectivity index (χ4v) is 4.49. The van der Waals surface area contributed by atoms with E-state index < -0.39 is 6.10 Å². The molecule has 0 bridgehead atoms. The maximum absolute atomic E-state index is 12.6. The Bertz CT molecular complexity index is 1080. The number of anilines is 1. The smallest absolute Gasteiger partial charge is 0.414 e. The Morgan fingerprint density at radius 1 is 1.18 bits per heavy atom. The summed E-state index contributed by atoms with van der Waals surface area (Å²) in [5.41, 5.74) is 5.23. The number of rotatable bonds is 7. The number of hydrogen-bond acceptors (Lipinski definition) is 5. The number of ether oxygens (including phenoxy) is 3. The molecule has 7 heteroatoms. The summed E-state index contributed by atoms with van der Waals surface area (Å²) in [7, 11) is 3.18. The number of methoxy groups -OCH3 is 2. The number of benzene rings is 2. The van der Waals surface area contributed by atoms with Crippen molar-refractivity contribution in [3.05, 3.63) is 59.7 Å². The Balaban J connectivity index is 1.47. The first kappa shape index (κ1) is 22.7. The summed E-state index contributed by atoms with van der Waals surface area (Å²) in [6.45, 7) is 6.71. The summed E-state index contributed by atoms with van der Waals surface area (Å²) in [4.78, 5) is 28.3. The fourth-order valence-electron chi connectivity index (χ4n) is 4.49. The number of fused-ring (bicyclic) bond motifs is 1. The van der Waals surface area contributed by atoms with Gasteiger partial charge in [-0.2, -0.15) is 0 Å². The molecule has 1 aliphatic heterocycles. The summed E-state index contributed by atoms with van der Waals surface area (Å²) in [6.07, 6.45) is 2.26. The Hall–Kier alpha value is -3.48. The van der Waals surface area contributed by atoms with E-state index in [1.165, 1.54) is 18.1 Å². The van der Waals surface area contributed by atoms with E-state index in [-0.39, 0.29) is 12.0 Å². The molecule has 2 aromatic rings. The first-order valence-electron chi connectivity index (χ1n) is 11.1. The van der Waals surface area contributed by atoms with Crippen LogP contribution < -0.4 is 14.4 Å². The topological polar surface area (TPSA) is 68.3 Å². The molecule has 0 unspecified atom stereocenters. The zero-order valence-corrected chi connectivity index (χ0v) is 19.4. The minimum Gasteiger partial charge on any atom is -0.497 e. The van der Waals surface area contributed by atoms with Crippen molar-refractivity contribution in [2.75, 3.05) is 32.2 Å². The van der Waals surface area contributed by atoms with E-state index in [4.69, 9.17) is 14.2 Å². The van der Waals surface area contributed by atoms with Crippen LogP contribution >= 0.6 is 0 Å². The zero-order valence-electron chi connectivity index (χ0n) is 19.4. The van der Waals surface area contributed by atoms with Gasteiger partial charge >= 0.3 is 6.09 Å². The van der Waals surface area contributed by atoms with Crippen LogP contribution in [0.4, 0.5) is 10.5 Å². The fraction of sp³-hybridized carbons (Fsp3) is 0.385. The van der Waals surface area contributed by atoms with Gasteiger partial charge in [-0.25, -0.2) is 4.79 Å². The summed E-state index contributed by atoms with van der Waals surface area (Å²) >= 11 is 0. The number of allylic oxidation sites excluding steroid dienone is 1. The normalized spacial score (nSPS) is 17.4. The van der Waals surface area contributed by atoms with E-state index in [0.717, 1.165) is 36.1 Å². The van der Waals surface area contributed by atoms with E-state index in [2.05, 4.69) is 12.6 Å². The molecule has 1 heterocycles. The molecule has 0 N–H and O–H groups in total. The van der Waals surface area contributed by atoms with Gasteiger partial charge < -0.3 is 19.1 Å². The van der Waals surface area contributed by atoms with Crippen LogP contribution in [0.2, 0.25) is 0 Å². The van der Waals surface area contributed by atoms with Crippen LogP contribution in [0.15, 0.2) is 43.0 Å². The van der Waals surface area contributed by atoms with Crippen LogP contribution in [-0.4, -0.2) is 50.3 Å². The molecule has 0 saturated carbocycles. The highest BCUT2D eigenvalue weighted by atomic mass is 16.6. The van der Waals surface area contributed by atoms with Crippen molar-refractivity contribution < 1.29 is 23.8 Å². The van der Waals surface area contributed by atoms with Crippen LogP contribution in [0.5, 0.6) is 11.5 Å². The van der Waals surface area contributed by atoms with Gasteiger partial charge in [-0.15, -0.1) is 0 Å². The molecular formula is C26H30N2O5. The molecule has 0 spiro atoms. The Morgan fingerprint density at radius 2 is 2.00 bits per heavy atom. The lowest BCUT2D eigenvalue weighted by molar-refractivity contribution is -0.130. The quantitative estimate of drug-likeness (QED) is 0.624. The van der Waals surface area contributed by atoms with Crippen LogP contribution in [-0.2, 0) is 22.5 Å². The summed E-state index contributed by atoms with van der Waals surface area (Å²) in [5.74, 6) is 1.22. The number of aryl methyl sites for hydroxylation is 1. The molecule has 2 aromatic carbocycles. The molecule has 0 radical (unpaired) electrons. The average molecular weight is 451 g/mol. The van der Waals surface area contributed by atoms with Crippen molar-refractivity contribution in [2.45, 2.75) is 38.8 Å². The van der Waals surface area contributed by atoms with Gasteiger partial charge in [0.15, 0.2) is 0 Å². The molecule has 1 fully saturated rings. The van der Waals surface area contributed by atoms with Crippen molar-refractivity contribution in [3.8, 4) is 11.5 Å². The van der Waals surface area contributed by atoms with Gasteiger partial charge in [-0.3, -0.25) is 9.69 Å². The van der Waals surface area contributed by atoms with E-state index in [9.17, 15) is 9.59 Å². The second-order valence-corrected chi connectivity index (χ2v) is 8.49. The molecule has 4 rings (SSSR count).